The molecule has 0 fully saturated rings. The van der Waals surface area contributed by atoms with Crippen LogP contribution in [0, 0.1) is 0 Å². The normalized spacial score (nSPS) is 14.4. The topological polar surface area (TPSA) is 77.7 Å². The zero-order valence-corrected chi connectivity index (χ0v) is 15.1. The number of aromatic nitrogens is 2. The molecule has 0 N–H and O–H groups in total. The van der Waals surface area contributed by atoms with Crippen LogP contribution < -0.4 is 14.4 Å². The average Bonchev–Trinajstić information content (AvgIpc) is 3.44. The van der Waals surface area contributed by atoms with Gasteiger partial charge in [0.1, 0.15) is 0 Å². The Morgan fingerprint density at radius 2 is 2.00 bits per heavy atom. The van der Waals surface area contributed by atoms with Gasteiger partial charge < -0.3 is 18.8 Å². The number of hydrogen-bond donors (Lipinski definition) is 0. The van der Waals surface area contributed by atoms with Crippen LogP contribution in [0.4, 0.5) is 5.69 Å². The fraction of sp³-hybridized carbons (Fsp3) is 0.211. The first-order chi connectivity index (χ1) is 13.3. The molecule has 1 aromatic heterocycles. The third-order valence-electron chi connectivity index (χ3n) is 4.53. The minimum atomic E-state index is 0.0350. The molecule has 3 aromatic rings. The Morgan fingerprint density at radius 1 is 1.11 bits per heavy atom. The predicted octanol–water partition coefficient (Wildman–Crippen LogP) is 3.15. The summed E-state index contributed by atoms with van der Waals surface area (Å²) in [6.07, 6.45) is 0.890. The second-order valence-corrected chi connectivity index (χ2v) is 7.08. The summed E-state index contributed by atoms with van der Waals surface area (Å²) in [6.45, 7) is 0.927. The van der Waals surface area contributed by atoms with E-state index in [-0.39, 0.29) is 18.5 Å². The summed E-state index contributed by atoms with van der Waals surface area (Å²) in [4.78, 5) is 14.4. The second-order valence-electron chi connectivity index (χ2n) is 6.15. The van der Waals surface area contributed by atoms with Crippen molar-refractivity contribution in [3.05, 3.63) is 48.0 Å². The molecule has 0 atom stereocenters. The molecule has 3 heterocycles. The van der Waals surface area contributed by atoms with E-state index in [1.165, 1.54) is 17.3 Å². The molecule has 0 aliphatic carbocycles. The fourth-order valence-corrected chi connectivity index (χ4v) is 3.85. The molecular weight excluding hydrogens is 366 g/mol. The molecule has 0 bridgehead atoms. The van der Waals surface area contributed by atoms with Crippen LogP contribution in [0.1, 0.15) is 5.56 Å². The highest BCUT2D eigenvalue weighted by molar-refractivity contribution is 7.99. The van der Waals surface area contributed by atoms with E-state index in [2.05, 4.69) is 16.3 Å². The number of nitrogens with zero attached hydrogens (tertiary/aromatic N) is 3. The van der Waals surface area contributed by atoms with E-state index in [1.807, 2.05) is 35.2 Å². The van der Waals surface area contributed by atoms with E-state index in [1.54, 1.807) is 6.07 Å². The Balaban J connectivity index is 1.26. The maximum absolute atomic E-state index is 12.6. The van der Waals surface area contributed by atoms with Gasteiger partial charge in [0.25, 0.3) is 5.22 Å². The number of amides is 1. The van der Waals surface area contributed by atoms with Crippen LogP contribution in [0.3, 0.4) is 0 Å². The molecule has 8 heteroatoms. The lowest BCUT2D eigenvalue weighted by atomic mass is 10.2. The molecule has 1 amide bonds. The smallest absolute Gasteiger partial charge is 0.277 e. The summed E-state index contributed by atoms with van der Waals surface area (Å²) < 4.78 is 16.3. The van der Waals surface area contributed by atoms with E-state index >= 15 is 0 Å². The first-order valence-corrected chi connectivity index (χ1v) is 9.51. The lowest BCUT2D eigenvalue weighted by molar-refractivity contribution is -0.116. The standard InChI is InChI=1S/C19H15N3O4S/c23-17(22-8-7-12-3-1-2-4-14(12)22)10-27-19-21-20-18(26-19)13-5-6-15-16(9-13)25-11-24-15/h1-6,9H,7-8,10-11H2. The highest BCUT2D eigenvalue weighted by Gasteiger charge is 2.24. The quantitative estimate of drug-likeness (QED) is 0.643. The third kappa shape index (κ3) is 3.02. The van der Waals surface area contributed by atoms with Gasteiger partial charge in [0.15, 0.2) is 11.5 Å². The van der Waals surface area contributed by atoms with Crippen LogP contribution >= 0.6 is 11.8 Å². The lowest BCUT2D eigenvalue weighted by Crippen LogP contribution is -2.30. The molecule has 7 nitrogen and oxygen atoms in total. The molecular formula is C19H15N3O4S. The summed E-state index contributed by atoms with van der Waals surface area (Å²) in [5, 5.41) is 8.46. The summed E-state index contributed by atoms with van der Waals surface area (Å²) >= 11 is 1.24. The Hall–Kier alpha value is -3.00. The van der Waals surface area contributed by atoms with E-state index in [0.717, 1.165) is 17.7 Å². The average molecular weight is 381 g/mol. The van der Waals surface area contributed by atoms with E-state index in [0.29, 0.717) is 29.2 Å². The minimum Gasteiger partial charge on any atom is -0.454 e. The number of carbonyl (C=O) groups excluding carboxylic acids is 1. The van der Waals surface area contributed by atoms with Crippen molar-refractivity contribution in [2.75, 3.05) is 24.0 Å². The molecule has 136 valence electrons. The Bertz CT molecular complexity index is 1020. The van der Waals surface area contributed by atoms with Crippen molar-refractivity contribution in [1.29, 1.82) is 0 Å². The first kappa shape index (κ1) is 16.2. The number of ether oxygens (including phenoxy) is 2. The van der Waals surface area contributed by atoms with Crippen molar-refractivity contribution in [2.24, 2.45) is 0 Å². The molecule has 5 rings (SSSR count). The van der Waals surface area contributed by atoms with Crippen LogP contribution in [-0.4, -0.2) is 35.2 Å². The van der Waals surface area contributed by atoms with Gasteiger partial charge in [-0.05, 0) is 36.2 Å². The Labute approximate surface area is 159 Å². The summed E-state index contributed by atoms with van der Waals surface area (Å²) in [7, 11) is 0. The van der Waals surface area contributed by atoms with Crippen LogP contribution in [0.25, 0.3) is 11.5 Å². The predicted molar refractivity (Wildman–Crippen MR) is 99.1 cm³/mol. The second kappa shape index (κ2) is 6.62. The number of fused-ring (bicyclic) bond motifs is 2. The molecule has 2 aromatic carbocycles. The molecule has 2 aliphatic heterocycles. The summed E-state index contributed by atoms with van der Waals surface area (Å²) in [5.41, 5.74) is 2.95. The van der Waals surface area contributed by atoms with Gasteiger partial charge in [-0.15, -0.1) is 10.2 Å². The molecule has 2 aliphatic rings. The minimum absolute atomic E-state index is 0.0350. The van der Waals surface area contributed by atoms with Crippen LogP contribution in [0.2, 0.25) is 0 Å². The first-order valence-electron chi connectivity index (χ1n) is 8.52. The number of rotatable bonds is 4. The van der Waals surface area contributed by atoms with E-state index < -0.39 is 0 Å². The largest absolute Gasteiger partial charge is 0.454 e. The summed E-state index contributed by atoms with van der Waals surface area (Å²) in [5.74, 6) is 2.02. The molecule has 0 saturated heterocycles. The lowest BCUT2D eigenvalue weighted by Gasteiger charge is -2.16. The van der Waals surface area contributed by atoms with Gasteiger partial charge in [-0.2, -0.15) is 0 Å². The van der Waals surface area contributed by atoms with Gasteiger partial charge in [-0.3, -0.25) is 4.79 Å². The van der Waals surface area contributed by atoms with Crippen LogP contribution in [0.15, 0.2) is 52.1 Å². The van der Waals surface area contributed by atoms with Crippen molar-refractivity contribution >= 4 is 23.4 Å². The molecule has 0 spiro atoms. The van der Waals surface area contributed by atoms with Crippen molar-refractivity contribution < 1.29 is 18.7 Å². The maximum atomic E-state index is 12.6. The molecule has 0 saturated carbocycles. The van der Waals surface area contributed by atoms with Crippen molar-refractivity contribution in [3.63, 3.8) is 0 Å². The van der Waals surface area contributed by atoms with Crippen molar-refractivity contribution in [1.82, 2.24) is 10.2 Å². The highest BCUT2D eigenvalue weighted by atomic mass is 32.2. The SMILES string of the molecule is O=C(CSc1nnc(-c2ccc3c(c2)OCO3)o1)N1CCc2ccccc21. The maximum Gasteiger partial charge on any atom is 0.277 e. The third-order valence-corrected chi connectivity index (χ3v) is 5.34. The number of anilines is 1. The van der Waals surface area contributed by atoms with Gasteiger partial charge >= 0.3 is 0 Å². The number of carbonyl (C=O) groups is 1. The molecule has 0 radical (unpaired) electrons. The zero-order chi connectivity index (χ0) is 18.2. The Kier molecular flexibility index (Phi) is 3.97. The zero-order valence-electron chi connectivity index (χ0n) is 14.3. The number of hydrogen-bond acceptors (Lipinski definition) is 7. The number of para-hydroxylation sites is 1. The molecule has 0 unspecified atom stereocenters. The van der Waals surface area contributed by atoms with Crippen molar-refractivity contribution in [3.8, 4) is 23.0 Å². The van der Waals surface area contributed by atoms with Crippen LogP contribution in [-0.2, 0) is 11.2 Å². The van der Waals surface area contributed by atoms with Gasteiger partial charge in [0.2, 0.25) is 18.6 Å². The highest BCUT2D eigenvalue weighted by Crippen LogP contribution is 2.36. The number of thioether (sulfide) groups is 1. The van der Waals surface area contributed by atoms with E-state index in [4.69, 9.17) is 13.9 Å². The van der Waals surface area contributed by atoms with Gasteiger partial charge in [-0.1, -0.05) is 30.0 Å². The Morgan fingerprint density at radius 3 is 2.96 bits per heavy atom. The van der Waals surface area contributed by atoms with Gasteiger partial charge in [0, 0.05) is 17.8 Å². The van der Waals surface area contributed by atoms with Gasteiger partial charge in [0.05, 0.1) is 5.75 Å². The molecule has 27 heavy (non-hydrogen) atoms. The monoisotopic (exact) mass is 381 g/mol. The summed E-state index contributed by atoms with van der Waals surface area (Å²) in [6, 6.07) is 13.4. The van der Waals surface area contributed by atoms with Crippen molar-refractivity contribution in [2.45, 2.75) is 11.6 Å². The number of benzene rings is 2. The van der Waals surface area contributed by atoms with Crippen LogP contribution in [0.5, 0.6) is 11.5 Å². The van der Waals surface area contributed by atoms with Gasteiger partial charge in [-0.25, -0.2) is 0 Å². The fourth-order valence-electron chi connectivity index (χ4n) is 3.21. The van der Waals surface area contributed by atoms with E-state index in [9.17, 15) is 4.79 Å².